The third-order valence-electron chi connectivity index (χ3n) is 4.59. The van der Waals surface area contributed by atoms with Crippen LogP contribution in [0.5, 0.6) is 11.5 Å². The molecular formula is C20H18ClNO2. The minimum Gasteiger partial charge on any atom is -0.497 e. The highest BCUT2D eigenvalue weighted by Gasteiger charge is 2.31. The molecule has 4 rings (SSSR count). The number of hydrogen-bond acceptors (Lipinski definition) is 3. The molecule has 2 N–H and O–H groups in total. The molecule has 2 atom stereocenters. The standard InChI is InChI=1S/C20H18ClNO2/c1-23-13-8-6-12-7-9-19-16(15(12)10-13)11-18(22)20(24-19)14-4-2-3-5-17(14)21/h2-10,18,20H,11,22H2,1H3/t18-,20+/m1/s1. The molecule has 0 saturated carbocycles. The number of rotatable bonds is 2. The molecule has 3 aromatic carbocycles. The highest BCUT2D eigenvalue weighted by molar-refractivity contribution is 6.31. The van der Waals surface area contributed by atoms with E-state index < -0.39 is 0 Å². The topological polar surface area (TPSA) is 44.5 Å². The molecule has 0 aliphatic carbocycles. The summed E-state index contributed by atoms with van der Waals surface area (Å²) in [5.41, 5.74) is 8.50. The van der Waals surface area contributed by atoms with Gasteiger partial charge in [0.05, 0.1) is 13.2 Å². The summed E-state index contributed by atoms with van der Waals surface area (Å²) in [5.74, 6) is 1.69. The lowest BCUT2D eigenvalue weighted by molar-refractivity contribution is 0.154. The van der Waals surface area contributed by atoms with Crippen LogP contribution in [0, 0.1) is 0 Å². The molecule has 0 spiro atoms. The van der Waals surface area contributed by atoms with E-state index in [0.29, 0.717) is 5.02 Å². The lowest BCUT2D eigenvalue weighted by Crippen LogP contribution is -2.37. The second-order valence-corrected chi connectivity index (χ2v) is 6.46. The molecule has 3 nitrogen and oxygen atoms in total. The Morgan fingerprint density at radius 3 is 2.71 bits per heavy atom. The Kier molecular flexibility index (Phi) is 3.83. The van der Waals surface area contributed by atoms with E-state index in [0.717, 1.165) is 39.8 Å². The highest BCUT2D eigenvalue weighted by atomic mass is 35.5. The first-order valence-electron chi connectivity index (χ1n) is 7.93. The second-order valence-electron chi connectivity index (χ2n) is 6.06. The van der Waals surface area contributed by atoms with E-state index >= 15 is 0 Å². The van der Waals surface area contributed by atoms with Crippen molar-refractivity contribution in [1.82, 2.24) is 0 Å². The number of fused-ring (bicyclic) bond motifs is 3. The predicted octanol–water partition coefficient (Wildman–Crippen LogP) is 4.51. The van der Waals surface area contributed by atoms with E-state index in [9.17, 15) is 0 Å². The Bertz CT molecular complexity index is 909. The summed E-state index contributed by atoms with van der Waals surface area (Å²) in [4.78, 5) is 0. The summed E-state index contributed by atoms with van der Waals surface area (Å²) < 4.78 is 11.6. The molecule has 4 heteroatoms. The van der Waals surface area contributed by atoms with Gasteiger partial charge in [0.1, 0.15) is 17.6 Å². The van der Waals surface area contributed by atoms with E-state index in [1.165, 1.54) is 0 Å². The van der Waals surface area contributed by atoms with Gasteiger partial charge in [0.15, 0.2) is 0 Å². The first-order valence-corrected chi connectivity index (χ1v) is 8.31. The van der Waals surface area contributed by atoms with Gasteiger partial charge in [0.2, 0.25) is 0 Å². The number of hydrogen-bond donors (Lipinski definition) is 1. The van der Waals surface area contributed by atoms with E-state index in [1.807, 2.05) is 42.5 Å². The zero-order valence-electron chi connectivity index (χ0n) is 13.3. The van der Waals surface area contributed by atoms with Crippen molar-refractivity contribution in [2.75, 3.05) is 7.11 Å². The normalized spacial score (nSPS) is 19.6. The monoisotopic (exact) mass is 339 g/mol. The molecule has 1 aliphatic heterocycles. The summed E-state index contributed by atoms with van der Waals surface area (Å²) in [5, 5.41) is 2.96. The molecule has 3 aromatic rings. The van der Waals surface area contributed by atoms with Crippen molar-refractivity contribution in [2.45, 2.75) is 18.6 Å². The predicted molar refractivity (Wildman–Crippen MR) is 97.0 cm³/mol. The minimum atomic E-state index is -0.241. The lowest BCUT2D eigenvalue weighted by atomic mass is 9.90. The van der Waals surface area contributed by atoms with Crippen molar-refractivity contribution in [1.29, 1.82) is 0 Å². The van der Waals surface area contributed by atoms with Crippen LogP contribution >= 0.6 is 11.6 Å². The minimum absolute atomic E-state index is 0.158. The highest BCUT2D eigenvalue weighted by Crippen LogP contribution is 2.40. The van der Waals surface area contributed by atoms with Crippen LogP contribution < -0.4 is 15.2 Å². The van der Waals surface area contributed by atoms with Crippen molar-refractivity contribution < 1.29 is 9.47 Å². The summed E-state index contributed by atoms with van der Waals surface area (Å²) >= 11 is 6.33. The van der Waals surface area contributed by atoms with Crippen LogP contribution in [0.2, 0.25) is 5.02 Å². The van der Waals surface area contributed by atoms with Crippen LogP contribution in [-0.2, 0) is 6.42 Å². The summed E-state index contributed by atoms with van der Waals surface area (Å²) in [6, 6.07) is 17.7. The van der Waals surface area contributed by atoms with Crippen LogP contribution in [0.25, 0.3) is 10.8 Å². The van der Waals surface area contributed by atoms with Crippen LogP contribution in [0.15, 0.2) is 54.6 Å². The molecule has 1 heterocycles. The van der Waals surface area contributed by atoms with Gasteiger partial charge in [0, 0.05) is 16.1 Å². The Morgan fingerprint density at radius 2 is 1.92 bits per heavy atom. The van der Waals surface area contributed by atoms with Crippen molar-refractivity contribution in [3.8, 4) is 11.5 Å². The van der Waals surface area contributed by atoms with Gasteiger partial charge in [0.25, 0.3) is 0 Å². The Hall–Kier alpha value is -2.23. The Morgan fingerprint density at radius 1 is 1.12 bits per heavy atom. The molecule has 0 aromatic heterocycles. The van der Waals surface area contributed by atoms with Gasteiger partial charge in [-0.3, -0.25) is 0 Å². The van der Waals surface area contributed by atoms with Crippen LogP contribution in [0.3, 0.4) is 0 Å². The van der Waals surface area contributed by atoms with Gasteiger partial charge < -0.3 is 15.2 Å². The fraction of sp³-hybridized carbons (Fsp3) is 0.200. The van der Waals surface area contributed by atoms with Gasteiger partial charge in [-0.2, -0.15) is 0 Å². The van der Waals surface area contributed by atoms with E-state index in [1.54, 1.807) is 7.11 Å². The number of nitrogens with two attached hydrogens (primary N) is 1. The van der Waals surface area contributed by atoms with Gasteiger partial charge in [-0.1, -0.05) is 41.9 Å². The molecule has 0 fully saturated rings. The first kappa shape index (κ1) is 15.3. The maximum atomic E-state index is 6.44. The maximum absolute atomic E-state index is 6.44. The van der Waals surface area contributed by atoms with Gasteiger partial charge >= 0.3 is 0 Å². The lowest BCUT2D eigenvalue weighted by Gasteiger charge is -2.33. The number of methoxy groups -OCH3 is 1. The molecule has 1 aliphatic rings. The van der Waals surface area contributed by atoms with Crippen molar-refractivity contribution in [2.24, 2.45) is 5.73 Å². The largest absolute Gasteiger partial charge is 0.497 e. The smallest absolute Gasteiger partial charge is 0.140 e. The maximum Gasteiger partial charge on any atom is 0.140 e. The number of ether oxygens (including phenoxy) is 2. The van der Waals surface area contributed by atoms with Gasteiger partial charge in [-0.25, -0.2) is 0 Å². The third kappa shape index (κ3) is 2.50. The molecule has 0 radical (unpaired) electrons. The first-order chi connectivity index (χ1) is 11.7. The van der Waals surface area contributed by atoms with Gasteiger partial charge in [-0.05, 0) is 41.5 Å². The van der Waals surface area contributed by atoms with Gasteiger partial charge in [-0.15, -0.1) is 0 Å². The van der Waals surface area contributed by atoms with Crippen LogP contribution in [0.1, 0.15) is 17.2 Å². The average molecular weight is 340 g/mol. The molecular weight excluding hydrogens is 322 g/mol. The van der Waals surface area contributed by atoms with Crippen LogP contribution in [0.4, 0.5) is 0 Å². The van der Waals surface area contributed by atoms with Crippen molar-refractivity contribution in [3.63, 3.8) is 0 Å². The number of halogens is 1. The van der Waals surface area contributed by atoms with Crippen molar-refractivity contribution in [3.05, 3.63) is 70.7 Å². The second kappa shape index (κ2) is 6.00. The van der Waals surface area contributed by atoms with E-state index in [-0.39, 0.29) is 12.1 Å². The molecule has 0 unspecified atom stereocenters. The van der Waals surface area contributed by atoms with E-state index in [4.69, 9.17) is 26.8 Å². The molecule has 0 bridgehead atoms. The fourth-order valence-corrected chi connectivity index (χ4v) is 3.60. The summed E-state index contributed by atoms with van der Waals surface area (Å²) in [6.45, 7) is 0. The summed E-state index contributed by atoms with van der Waals surface area (Å²) in [7, 11) is 1.67. The molecule has 24 heavy (non-hydrogen) atoms. The third-order valence-corrected chi connectivity index (χ3v) is 4.94. The Balaban J connectivity index is 1.80. The quantitative estimate of drug-likeness (QED) is 0.747. The zero-order chi connectivity index (χ0) is 16.7. The Labute approximate surface area is 145 Å². The molecule has 122 valence electrons. The SMILES string of the molecule is COc1ccc2ccc3c(c2c1)C[C@@H](N)[C@H](c1ccccc1Cl)O3. The average Bonchev–Trinajstić information content (AvgIpc) is 2.61. The van der Waals surface area contributed by atoms with Crippen LogP contribution in [-0.4, -0.2) is 13.2 Å². The summed E-state index contributed by atoms with van der Waals surface area (Å²) in [6.07, 6.45) is 0.490. The molecule has 0 amide bonds. The zero-order valence-corrected chi connectivity index (χ0v) is 14.1. The fourth-order valence-electron chi connectivity index (χ4n) is 3.36. The van der Waals surface area contributed by atoms with Crippen molar-refractivity contribution >= 4 is 22.4 Å². The molecule has 0 saturated heterocycles. The van der Waals surface area contributed by atoms with E-state index in [2.05, 4.69) is 12.1 Å². The number of benzene rings is 3.